The predicted molar refractivity (Wildman–Crippen MR) is 80.7 cm³/mol. The second-order valence-electron chi connectivity index (χ2n) is 6.33. The number of fused-ring (bicyclic) bond motifs is 3. The van der Waals surface area contributed by atoms with Crippen molar-refractivity contribution in [2.75, 3.05) is 0 Å². The minimum Gasteiger partial charge on any atom is -0.346 e. The van der Waals surface area contributed by atoms with Gasteiger partial charge in [0.1, 0.15) is 17.0 Å². The van der Waals surface area contributed by atoms with Gasteiger partial charge in [0.2, 0.25) is 0 Å². The molecular weight excluding hydrogens is 262 g/mol. The maximum absolute atomic E-state index is 9.23. The summed E-state index contributed by atoms with van der Waals surface area (Å²) >= 11 is 0. The molecule has 0 saturated heterocycles. The van der Waals surface area contributed by atoms with Crippen LogP contribution in [0.2, 0.25) is 0 Å². The van der Waals surface area contributed by atoms with E-state index in [1.54, 1.807) is 0 Å². The van der Waals surface area contributed by atoms with Gasteiger partial charge in [-0.05, 0) is 38.7 Å². The number of nitrogens with zero attached hydrogens (tertiary/aromatic N) is 3. The minimum absolute atomic E-state index is 0.155. The van der Waals surface area contributed by atoms with Gasteiger partial charge in [-0.2, -0.15) is 5.26 Å². The number of aromatic nitrogens is 4. The van der Waals surface area contributed by atoms with Crippen LogP contribution in [0.15, 0.2) is 18.5 Å². The van der Waals surface area contributed by atoms with Gasteiger partial charge in [0.05, 0.1) is 23.2 Å². The summed E-state index contributed by atoms with van der Waals surface area (Å²) in [5, 5.41) is 10.3. The number of H-pyrrole nitrogens is 2. The summed E-state index contributed by atoms with van der Waals surface area (Å²) in [5.41, 5.74) is 2.70. The van der Waals surface area contributed by atoms with Gasteiger partial charge in [0.25, 0.3) is 0 Å². The van der Waals surface area contributed by atoms with Crippen molar-refractivity contribution in [3.63, 3.8) is 0 Å². The van der Waals surface area contributed by atoms with Crippen LogP contribution in [-0.2, 0) is 0 Å². The molecule has 3 aromatic heterocycles. The van der Waals surface area contributed by atoms with Gasteiger partial charge in [0, 0.05) is 17.5 Å². The third-order valence-electron chi connectivity index (χ3n) is 4.80. The van der Waals surface area contributed by atoms with Crippen molar-refractivity contribution in [1.82, 2.24) is 19.9 Å². The summed E-state index contributed by atoms with van der Waals surface area (Å²) in [6.07, 6.45) is 7.67. The van der Waals surface area contributed by atoms with Gasteiger partial charge < -0.3 is 9.97 Å². The largest absolute Gasteiger partial charge is 0.346 e. The number of nitrogens with one attached hydrogen (secondary N) is 2. The van der Waals surface area contributed by atoms with E-state index in [2.05, 4.69) is 27.9 Å². The molecule has 4 rings (SSSR count). The molecule has 0 spiro atoms. The lowest BCUT2D eigenvalue weighted by atomic mass is 9.72. The van der Waals surface area contributed by atoms with Crippen LogP contribution in [-0.4, -0.2) is 19.9 Å². The lowest BCUT2D eigenvalue weighted by Gasteiger charge is -2.30. The number of hydrogen-bond acceptors (Lipinski definition) is 3. The van der Waals surface area contributed by atoms with E-state index in [1.165, 1.54) is 0 Å². The van der Waals surface area contributed by atoms with Crippen LogP contribution in [0.1, 0.15) is 44.3 Å². The molecule has 2 N–H and O–H groups in total. The highest BCUT2D eigenvalue weighted by Crippen LogP contribution is 2.42. The number of aromatic amines is 2. The summed E-state index contributed by atoms with van der Waals surface area (Å²) in [7, 11) is 0. The summed E-state index contributed by atoms with van der Waals surface area (Å²) in [5.74, 6) is 1.47. The molecule has 0 amide bonds. The number of pyridine rings is 1. The Hall–Kier alpha value is -2.35. The highest BCUT2D eigenvalue weighted by atomic mass is 15.0. The quantitative estimate of drug-likeness (QED) is 0.713. The van der Waals surface area contributed by atoms with Crippen LogP contribution in [0.4, 0.5) is 0 Å². The SMILES string of the molecule is CC1(C#N)CCC(c2nc3c(cnc4[nH]ccc43)[nH]2)CC1. The Kier molecular flexibility index (Phi) is 2.55. The Morgan fingerprint density at radius 3 is 2.95 bits per heavy atom. The summed E-state index contributed by atoms with van der Waals surface area (Å²) in [6, 6.07) is 4.47. The maximum Gasteiger partial charge on any atom is 0.139 e. The number of imidazole rings is 1. The van der Waals surface area contributed by atoms with E-state index in [9.17, 15) is 5.26 Å². The van der Waals surface area contributed by atoms with E-state index in [1.807, 2.05) is 18.5 Å². The van der Waals surface area contributed by atoms with Crippen molar-refractivity contribution in [3.8, 4) is 6.07 Å². The van der Waals surface area contributed by atoms with E-state index in [4.69, 9.17) is 4.98 Å². The standard InChI is InChI=1S/C16H17N5/c1-16(9-17)5-2-10(3-6-16)14-20-12-8-19-15-11(4-7-18-15)13(12)21-14/h4,7-8,10H,2-3,5-6H2,1H3,(H,18,19)(H,20,21). The fourth-order valence-corrected chi connectivity index (χ4v) is 3.33. The molecule has 1 aliphatic carbocycles. The van der Waals surface area contributed by atoms with E-state index < -0.39 is 0 Å². The molecule has 3 aromatic rings. The van der Waals surface area contributed by atoms with Crippen LogP contribution in [0.25, 0.3) is 22.1 Å². The van der Waals surface area contributed by atoms with Crippen molar-refractivity contribution >= 4 is 22.1 Å². The Morgan fingerprint density at radius 2 is 2.19 bits per heavy atom. The smallest absolute Gasteiger partial charge is 0.139 e. The van der Waals surface area contributed by atoms with Gasteiger partial charge in [-0.3, -0.25) is 0 Å². The third kappa shape index (κ3) is 1.90. The van der Waals surface area contributed by atoms with Crippen molar-refractivity contribution < 1.29 is 0 Å². The van der Waals surface area contributed by atoms with Crippen LogP contribution in [0, 0.1) is 16.7 Å². The second kappa shape index (κ2) is 4.32. The normalized spacial score (nSPS) is 26.2. The van der Waals surface area contributed by atoms with Crippen molar-refractivity contribution in [2.24, 2.45) is 5.41 Å². The molecule has 5 nitrogen and oxygen atoms in total. The maximum atomic E-state index is 9.23. The zero-order chi connectivity index (χ0) is 14.4. The first-order chi connectivity index (χ1) is 10.2. The highest BCUT2D eigenvalue weighted by molar-refractivity contribution is 6.00. The summed E-state index contributed by atoms with van der Waals surface area (Å²) in [6.45, 7) is 2.06. The molecule has 3 heterocycles. The molecule has 0 radical (unpaired) electrons. The van der Waals surface area contributed by atoms with Gasteiger partial charge in [-0.25, -0.2) is 9.97 Å². The Balaban J connectivity index is 1.70. The van der Waals surface area contributed by atoms with Gasteiger partial charge in [-0.15, -0.1) is 0 Å². The zero-order valence-corrected chi connectivity index (χ0v) is 12.0. The molecule has 0 bridgehead atoms. The average molecular weight is 279 g/mol. The number of nitriles is 1. The zero-order valence-electron chi connectivity index (χ0n) is 12.0. The van der Waals surface area contributed by atoms with Crippen molar-refractivity contribution in [2.45, 2.75) is 38.5 Å². The topological polar surface area (TPSA) is 81.2 Å². The molecule has 1 saturated carbocycles. The summed E-state index contributed by atoms with van der Waals surface area (Å²) in [4.78, 5) is 15.7. The number of rotatable bonds is 1. The fourth-order valence-electron chi connectivity index (χ4n) is 3.33. The average Bonchev–Trinajstić information content (AvgIpc) is 3.13. The first-order valence-corrected chi connectivity index (χ1v) is 7.41. The van der Waals surface area contributed by atoms with Crippen LogP contribution in [0.3, 0.4) is 0 Å². The first-order valence-electron chi connectivity index (χ1n) is 7.41. The predicted octanol–water partition coefficient (Wildman–Crippen LogP) is 3.63. The Morgan fingerprint density at radius 1 is 1.38 bits per heavy atom. The molecule has 1 aliphatic rings. The molecule has 21 heavy (non-hydrogen) atoms. The second-order valence-corrected chi connectivity index (χ2v) is 6.33. The highest BCUT2D eigenvalue weighted by Gasteiger charge is 2.32. The van der Waals surface area contributed by atoms with E-state index in [0.29, 0.717) is 5.92 Å². The van der Waals surface area contributed by atoms with Crippen molar-refractivity contribution in [3.05, 3.63) is 24.3 Å². The van der Waals surface area contributed by atoms with Crippen LogP contribution in [0.5, 0.6) is 0 Å². The van der Waals surface area contributed by atoms with Gasteiger partial charge in [-0.1, -0.05) is 0 Å². The third-order valence-corrected chi connectivity index (χ3v) is 4.80. The monoisotopic (exact) mass is 279 g/mol. The minimum atomic E-state index is -0.155. The lowest BCUT2D eigenvalue weighted by Crippen LogP contribution is -2.22. The van der Waals surface area contributed by atoms with Crippen LogP contribution >= 0.6 is 0 Å². The van der Waals surface area contributed by atoms with E-state index in [0.717, 1.165) is 53.6 Å². The van der Waals surface area contributed by atoms with Gasteiger partial charge in [0.15, 0.2) is 0 Å². The van der Waals surface area contributed by atoms with E-state index >= 15 is 0 Å². The molecule has 0 unspecified atom stereocenters. The van der Waals surface area contributed by atoms with E-state index in [-0.39, 0.29) is 5.41 Å². The fraction of sp³-hybridized carbons (Fsp3) is 0.438. The first kappa shape index (κ1) is 12.4. The molecule has 5 heteroatoms. The molecule has 1 fully saturated rings. The molecule has 0 atom stereocenters. The van der Waals surface area contributed by atoms with Gasteiger partial charge >= 0.3 is 0 Å². The lowest BCUT2D eigenvalue weighted by molar-refractivity contribution is 0.266. The Bertz CT molecular complexity index is 842. The van der Waals surface area contributed by atoms with Crippen molar-refractivity contribution in [1.29, 1.82) is 5.26 Å². The number of hydrogen-bond donors (Lipinski definition) is 2. The molecular formula is C16H17N5. The molecule has 0 aromatic carbocycles. The van der Waals surface area contributed by atoms with Crippen LogP contribution < -0.4 is 0 Å². The Labute approximate surface area is 122 Å². The summed E-state index contributed by atoms with van der Waals surface area (Å²) < 4.78 is 0. The molecule has 0 aliphatic heterocycles. The molecule has 106 valence electrons.